The lowest BCUT2D eigenvalue weighted by atomic mass is 9.94. The van der Waals surface area contributed by atoms with E-state index in [0.717, 1.165) is 0 Å². The summed E-state index contributed by atoms with van der Waals surface area (Å²) in [5, 5.41) is 19.4. The Morgan fingerprint density at radius 1 is 1.37 bits per heavy atom. The molecule has 102 valence electrons. The maximum atomic E-state index is 11.8. The van der Waals surface area contributed by atoms with E-state index in [2.05, 4.69) is 0 Å². The summed E-state index contributed by atoms with van der Waals surface area (Å²) in [5.41, 5.74) is 0.465. The van der Waals surface area contributed by atoms with Gasteiger partial charge in [0.2, 0.25) is 0 Å². The Morgan fingerprint density at radius 2 is 2.05 bits per heavy atom. The number of carbonyl (C=O) groups excluding carboxylic acids is 2. The number of ketones is 1. The van der Waals surface area contributed by atoms with Crippen molar-refractivity contribution < 1.29 is 24.5 Å². The molecule has 0 amide bonds. The van der Waals surface area contributed by atoms with E-state index in [1.165, 1.54) is 19.1 Å². The third-order valence-electron chi connectivity index (χ3n) is 3.23. The third-order valence-corrected chi connectivity index (χ3v) is 3.23. The Labute approximate surface area is 110 Å². The molecule has 0 saturated carbocycles. The fourth-order valence-electron chi connectivity index (χ4n) is 2.28. The number of phenolic OH excluding ortho intramolecular Hbond substituents is 2. The molecular weight excluding hydrogens is 248 g/mol. The average molecular weight is 264 g/mol. The number of rotatable bonds is 4. The highest BCUT2D eigenvalue weighted by Crippen LogP contribution is 2.35. The first-order valence-electron chi connectivity index (χ1n) is 6.23. The second-order valence-corrected chi connectivity index (χ2v) is 4.78. The zero-order valence-corrected chi connectivity index (χ0v) is 10.7. The van der Waals surface area contributed by atoms with Crippen LogP contribution >= 0.6 is 0 Å². The van der Waals surface area contributed by atoms with Gasteiger partial charge in [0.15, 0.2) is 0 Å². The number of phenols is 2. The van der Waals surface area contributed by atoms with Crippen LogP contribution < -0.4 is 0 Å². The molecule has 5 heteroatoms. The van der Waals surface area contributed by atoms with Crippen LogP contribution in [0, 0.1) is 0 Å². The molecule has 0 aromatic heterocycles. The van der Waals surface area contributed by atoms with Crippen LogP contribution in [0.3, 0.4) is 0 Å². The maximum absolute atomic E-state index is 11.8. The number of aromatic hydroxyl groups is 2. The molecule has 0 spiro atoms. The summed E-state index contributed by atoms with van der Waals surface area (Å²) < 4.78 is 5.21. The van der Waals surface area contributed by atoms with E-state index in [1.54, 1.807) is 0 Å². The van der Waals surface area contributed by atoms with Crippen LogP contribution in [0.2, 0.25) is 0 Å². The molecule has 1 aromatic carbocycles. The Bertz CT molecular complexity index is 521. The van der Waals surface area contributed by atoms with Gasteiger partial charge in [-0.05, 0) is 31.9 Å². The van der Waals surface area contributed by atoms with Gasteiger partial charge in [0.1, 0.15) is 28.9 Å². The van der Waals surface area contributed by atoms with Gasteiger partial charge < -0.3 is 19.7 Å². The molecule has 0 fully saturated rings. The minimum Gasteiger partial charge on any atom is -0.508 e. The van der Waals surface area contributed by atoms with E-state index in [9.17, 15) is 19.8 Å². The minimum absolute atomic E-state index is 0.0129. The first-order chi connectivity index (χ1) is 8.99. The van der Waals surface area contributed by atoms with E-state index in [4.69, 9.17) is 4.74 Å². The number of cyclic esters (lactones) is 1. The zero-order valence-electron chi connectivity index (χ0n) is 10.7. The summed E-state index contributed by atoms with van der Waals surface area (Å²) in [6.45, 7) is 1.52. The first-order valence-corrected chi connectivity index (χ1v) is 6.23. The summed E-state index contributed by atoms with van der Waals surface area (Å²) in [7, 11) is 0. The number of carbonyl (C=O) groups is 2. The zero-order chi connectivity index (χ0) is 14.0. The van der Waals surface area contributed by atoms with E-state index < -0.39 is 5.97 Å². The topological polar surface area (TPSA) is 83.8 Å². The highest BCUT2D eigenvalue weighted by atomic mass is 16.5. The van der Waals surface area contributed by atoms with Crippen LogP contribution in [0.1, 0.15) is 42.1 Å². The predicted molar refractivity (Wildman–Crippen MR) is 67.2 cm³/mol. The molecule has 1 heterocycles. The van der Waals surface area contributed by atoms with Crippen molar-refractivity contribution in [3.05, 3.63) is 23.3 Å². The van der Waals surface area contributed by atoms with Gasteiger partial charge in [-0.1, -0.05) is 0 Å². The highest BCUT2D eigenvalue weighted by Gasteiger charge is 2.30. The quantitative estimate of drug-likeness (QED) is 0.641. The van der Waals surface area contributed by atoms with E-state index in [0.29, 0.717) is 31.2 Å². The lowest BCUT2D eigenvalue weighted by Crippen LogP contribution is -2.28. The molecule has 5 nitrogen and oxygen atoms in total. The van der Waals surface area contributed by atoms with Crippen molar-refractivity contribution in [2.24, 2.45) is 0 Å². The largest absolute Gasteiger partial charge is 0.508 e. The molecular formula is C14H16O5. The Morgan fingerprint density at radius 3 is 2.74 bits per heavy atom. The van der Waals surface area contributed by atoms with Crippen LogP contribution in [0.25, 0.3) is 0 Å². The van der Waals surface area contributed by atoms with Crippen LogP contribution in [-0.2, 0) is 16.0 Å². The summed E-state index contributed by atoms with van der Waals surface area (Å²) in [6, 6.07) is 2.63. The number of Topliss-reactive ketones (excluding diaryl/α,β-unsaturated/α-hetero) is 1. The highest BCUT2D eigenvalue weighted by molar-refractivity contribution is 5.96. The Balaban J connectivity index is 2.13. The van der Waals surface area contributed by atoms with Crippen LogP contribution in [-0.4, -0.2) is 28.1 Å². The molecule has 1 aromatic rings. The van der Waals surface area contributed by atoms with Gasteiger partial charge in [-0.2, -0.15) is 0 Å². The molecule has 0 unspecified atom stereocenters. The summed E-state index contributed by atoms with van der Waals surface area (Å²) in [5.74, 6) is -0.716. The fraction of sp³-hybridized carbons (Fsp3) is 0.429. The molecule has 0 bridgehead atoms. The number of benzene rings is 1. The van der Waals surface area contributed by atoms with Gasteiger partial charge >= 0.3 is 5.97 Å². The predicted octanol–water partition coefficient (Wildman–Crippen LogP) is 1.94. The van der Waals surface area contributed by atoms with E-state index in [1.807, 2.05) is 0 Å². The van der Waals surface area contributed by atoms with Gasteiger partial charge in [0.05, 0.1) is 0 Å². The molecule has 1 aliphatic rings. The van der Waals surface area contributed by atoms with Crippen molar-refractivity contribution in [3.8, 4) is 11.5 Å². The maximum Gasteiger partial charge on any atom is 0.342 e. The fourth-order valence-corrected chi connectivity index (χ4v) is 2.28. The number of fused-ring (bicyclic) bond motifs is 1. The molecule has 0 aliphatic carbocycles. The normalized spacial score (nSPS) is 17.7. The van der Waals surface area contributed by atoms with E-state index in [-0.39, 0.29) is 28.9 Å². The number of hydrogen-bond acceptors (Lipinski definition) is 5. The van der Waals surface area contributed by atoms with Crippen molar-refractivity contribution in [1.29, 1.82) is 0 Å². The van der Waals surface area contributed by atoms with Crippen LogP contribution in [0.4, 0.5) is 0 Å². The second kappa shape index (κ2) is 5.30. The lowest BCUT2D eigenvalue weighted by Gasteiger charge is -2.25. The molecule has 1 atom stereocenters. The molecule has 2 rings (SSSR count). The Kier molecular flexibility index (Phi) is 3.74. The van der Waals surface area contributed by atoms with Crippen molar-refractivity contribution in [3.63, 3.8) is 0 Å². The average Bonchev–Trinajstić information content (AvgIpc) is 2.33. The summed E-state index contributed by atoms with van der Waals surface area (Å²) in [4.78, 5) is 22.7. The van der Waals surface area contributed by atoms with Gasteiger partial charge in [0.25, 0.3) is 0 Å². The van der Waals surface area contributed by atoms with Gasteiger partial charge in [0, 0.05) is 18.4 Å². The number of esters is 1. The first kappa shape index (κ1) is 13.4. The van der Waals surface area contributed by atoms with Crippen LogP contribution in [0.15, 0.2) is 12.1 Å². The summed E-state index contributed by atoms with van der Waals surface area (Å²) in [6.07, 6.45) is 1.67. The SMILES string of the molecule is CC(=O)CCC[C@H]1Cc2c(O)ccc(O)c2C(=O)O1. The van der Waals surface area contributed by atoms with Gasteiger partial charge in [-0.15, -0.1) is 0 Å². The molecule has 1 aliphatic heterocycles. The monoisotopic (exact) mass is 264 g/mol. The lowest BCUT2D eigenvalue weighted by molar-refractivity contribution is -0.117. The van der Waals surface area contributed by atoms with E-state index >= 15 is 0 Å². The third kappa shape index (κ3) is 2.86. The molecule has 0 saturated heterocycles. The van der Waals surface area contributed by atoms with Crippen molar-refractivity contribution in [1.82, 2.24) is 0 Å². The molecule has 2 N–H and O–H groups in total. The molecule has 19 heavy (non-hydrogen) atoms. The minimum atomic E-state index is -0.623. The Hall–Kier alpha value is -2.04. The van der Waals surface area contributed by atoms with Gasteiger partial charge in [-0.3, -0.25) is 0 Å². The van der Waals surface area contributed by atoms with Crippen LogP contribution in [0.5, 0.6) is 11.5 Å². The number of hydrogen-bond donors (Lipinski definition) is 2. The molecule has 0 radical (unpaired) electrons. The smallest absolute Gasteiger partial charge is 0.342 e. The number of ether oxygens (including phenoxy) is 1. The van der Waals surface area contributed by atoms with Gasteiger partial charge in [-0.25, -0.2) is 4.79 Å². The van der Waals surface area contributed by atoms with Crippen molar-refractivity contribution in [2.75, 3.05) is 0 Å². The standard InChI is InChI=1S/C14H16O5/c1-8(15)3-2-4-9-7-10-11(16)5-6-12(17)13(10)14(18)19-9/h5-6,9,16-17H,2-4,7H2,1H3/t9-/m0/s1. The van der Waals surface area contributed by atoms with Crippen molar-refractivity contribution in [2.45, 2.75) is 38.7 Å². The summed E-state index contributed by atoms with van der Waals surface area (Å²) >= 11 is 0. The van der Waals surface area contributed by atoms with Crippen molar-refractivity contribution >= 4 is 11.8 Å². The second-order valence-electron chi connectivity index (χ2n) is 4.78.